The highest BCUT2D eigenvalue weighted by atomic mass is 32.1. The highest BCUT2D eigenvalue weighted by Gasteiger charge is 2.12. The van der Waals surface area contributed by atoms with Crippen LogP contribution in [0.4, 0.5) is 16.5 Å². The Labute approximate surface area is 121 Å². The Bertz CT molecular complexity index is 637. The highest BCUT2D eigenvalue weighted by Crippen LogP contribution is 2.27. The van der Waals surface area contributed by atoms with E-state index in [4.69, 9.17) is 10.5 Å². The van der Waals surface area contributed by atoms with E-state index in [2.05, 4.69) is 17.2 Å². The fraction of sp³-hybridized carbons (Fsp3) is 0.286. The molecule has 0 saturated carbocycles. The van der Waals surface area contributed by atoms with Gasteiger partial charge in [-0.15, -0.1) is 11.3 Å². The molecule has 0 fully saturated rings. The van der Waals surface area contributed by atoms with Crippen LogP contribution in [0.2, 0.25) is 0 Å². The van der Waals surface area contributed by atoms with Crippen molar-refractivity contribution < 1.29 is 9.53 Å². The smallest absolute Gasteiger partial charge is 0.340 e. The Morgan fingerprint density at radius 1 is 1.50 bits per heavy atom. The summed E-state index contributed by atoms with van der Waals surface area (Å²) < 4.78 is 4.70. The third-order valence-corrected chi connectivity index (χ3v) is 3.87. The van der Waals surface area contributed by atoms with E-state index in [1.54, 1.807) is 23.5 Å². The summed E-state index contributed by atoms with van der Waals surface area (Å²) in [4.78, 5) is 17.3. The SMILES string of the molecule is CCc1nc(Nc2ccc(N)c(C(=O)OC)c2)sc1C. The Morgan fingerprint density at radius 2 is 2.25 bits per heavy atom. The van der Waals surface area contributed by atoms with Crippen LogP contribution in [-0.4, -0.2) is 18.1 Å². The summed E-state index contributed by atoms with van der Waals surface area (Å²) >= 11 is 1.59. The molecule has 0 saturated heterocycles. The maximum Gasteiger partial charge on any atom is 0.340 e. The molecule has 106 valence electrons. The minimum Gasteiger partial charge on any atom is -0.465 e. The summed E-state index contributed by atoms with van der Waals surface area (Å²) in [5.41, 5.74) is 8.36. The number of hydrogen-bond acceptors (Lipinski definition) is 6. The number of carbonyl (C=O) groups is 1. The van der Waals surface area contributed by atoms with Gasteiger partial charge in [0.15, 0.2) is 5.13 Å². The van der Waals surface area contributed by atoms with Crippen LogP contribution in [0.5, 0.6) is 0 Å². The first-order valence-corrected chi connectivity index (χ1v) is 7.08. The summed E-state index contributed by atoms with van der Waals surface area (Å²) in [5.74, 6) is -0.448. The summed E-state index contributed by atoms with van der Waals surface area (Å²) in [6.07, 6.45) is 0.902. The van der Waals surface area contributed by atoms with E-state index in [0.717, 1.165) is 22.9 Å². The summed E-state index contributed by atoms with van der Waals surface area (Å²) in [5, 5.41) is 4.00. The number of esters is 1. The van der Waals surface area contributed by atoms with Crippen LogP contribution in [0, 0.1) is 6.92 Å². The molecule has 0 aliphatic carbocycles. The van der Waals surface area contributed by atoms with Crippen LogP contribution < -0.4 is 11.1 Å². The van der Waals surface area contributed by atoms with Gasteiger partial charge < -0.3 is 15.8 Å². The Kier molecular flexibility index (Phi) is 4.24. The van der Waals surface area contributed by atoms with E-state index < -0.39 is 5.97 Å². The average Bonchev–Trinajstić information content (AvgIpc) is 2.80. The van der Waals surface area contributed by atoms with E-state index in [0.29, 0.717) is 11.3 Å². The first-order chi connectivity index (χ1) is 9.55. The lowest BCUT2D eigenvalue weighted by atomic mass is 10.1. The normalized spacial score (nSPS) is 10.3. The maximum atomic E-state index is 11.6. The zero-order chi connectivity index (χ0) is 14.7. The van der Waals surface area contributed by atoms with Crippen molar-refractivity contribution in [1.29, 1.82) is 0 Å². The zero-order valence-corrected chi connectivity index (χ0v) is 12.5. The van der Waals surface area contributed by atoms with Gasteiger partial charge in [0.25, 0.3) is 0 Å². The lowest BCUT2D eigenvalue weighted by Crippen LogP contribution is -2.06. The fourth-order valence-corrected chi connectivity index (χ4v) is 2.78. The largest absolute Gasteiger partial charge is 0.465 e. The van der Waals surface area contributed by atoms with Gasteiger partial charge in [0.1, 0.15) is 0 Å². The number of ether oxygens (including phenoxy) is 1. The highest BCUT2D eigenvalue weighted by molar-refractivity contribution is 7.15. The molecule has 3 N–H and O–H groups in total. The number of thiazole rings is 1. The lowest BCUT2D eigenvalue weighted by Gasteiger charge is -2.07. The van der Waals surface area contributed by atoms with E-state index in [-0.39, 0.29) is 0 Å². The number of methoxy groups -OCH3 is 1. The molecule has 0 radical (unpaired) electrons. The number of aryl methyl sites for hydroxylation is 2. The molecule has 0 bridgehead atoms. The molecule has 0 amide bonds. The zero-order valence-electron chi connectivity index (χ0n) is 11.7. The Hall–Kier alpha value is -2.08. The van der Waals surface area contributed by atoms with Crippen LogP contribution >= 0.6 is 11.3 Å². The molecule has 0 unspecified atom stereocenters. The number of nitrogens with one attached hydrogen (secondary N) is 1. The van der Waals surface area contributed by atoms with Gasteiger partial charge >= 0.3 is 5.97 Å². The predicted molar refractivity (Wildman–Crippen MR) is 81.7 cm³/mol. The van der Waals surface area contributed by atoms with E-state index in [9.17, 15) is 4.79 Å². The van der Waals surface area contributed by atoms with Gasteiger partial charge in [-0.25, -0.2) is 9.78 Å². The lowest BCUT2D eigenvalue weighted by molar-refractivity contribution is 0.0602. The van der Waals surface area contributed by atoms with Gasteiger partial charge in [-0.2, -0.15) is 0 Å². The molecule has 1 heterocycles. The molecular weight excluding hydrogens is 274 g/mol. The summed E-state index contributed by atoms with van der Waals surface area (Å²) in [7, 11) is 1.33. The predicted octanol–water partition coefficient (Wildman–Crippen LogP) is 3.13. The average molecular weight is 291 g/mol. The van der Waals surface area contributed by atoms with Crippen molar-refractivity contribution in [3.8, 4) is 0 Å². The van der Waals surface area contributed by atoms with Crippen LogP contribution in [0.15, 0.2) is 18.2 Å². The van der Waals surface area contributed by atoms with Gasteiger partial charge in [-0.3, -0.25) is 0 Å². The van der Waals surface area contributed by atoms with Crippen molar-refractivity contribution in [3.05, 3.63) is 34.3 Å². The Balaban J connectivity index is 2.27. The number of rotatable bonds is 4. The van der Waals surface area contributed by atoms with E-state index in [1.807, 2.05) is 13.0 Å². The third kappa shape index (κ3) is 2.91. The number of nitrogens with two attached hydrogens (primary N) is 1. The van der Waals surface area contributed by atoms with Crippen molar-refractivity contribution in [2.75, 3.05) is 18.2 Å². The molecular formula is C14H17N3O2S. The number of nitrogen functional groups attached to an aromatic ring is 1. The van der Waals surface area contributed by atoms with Crippen molar-refractivity contribution in [2.45, 2.75) is 20.3 Å². The first-order valence-electron chi connectivity index (χ1n) is 6.26. The second kappa shape index (κ2) is 5.92. The number of nitrogens with zero attached hydrogens (tertiary/aromatic N) is 1. The fourth-order valence-electron chi connectivity index (χ4n) is 1.85. The van der Waals surface area contributed by atoms with Crippen molar-refractivity contribution >= 4 is 33.8 Å². The van der Waals surface area contributed by atoms with Crippen molar-refractivity contribution in [2.24, 2.45) is 0 Å². The van der Waals surface area contributed by atoms with E-state index in [1.165, 1.54) is 12.0 Å². The van der Waals surface area contributed by atoms with Crippen LogP contribution in [0.25, 0.3) is 0 Å². The van der Waals surface area contributed by atoms with Gasteiger partial charge in [-0.05, 0) is 31.5 Å². The molecule has 1 aromatic heterocycles. The van der Waals surface area contributed by atoms with E-state index >= 15 is 0 Å². The summed E-state index contributed by atoms with van der Waals surface area (Å²) in [6.45, 7) is 4.12. The van der Waals surface area contributed by atoms with Gasteiger partial charge in [0, 0.05) is 16.3 Å². The minimum absolute atomic E-state index is 0.349. The molecule has 2 rings (SSSR count). The van der Waals surface area contributed by atoms with Crippen LogP contribution in [0.3, 0.4) is 0 Å². The van der Waals surface area contributed by atoms with Crippen molar-refractivity contribution in [1.82, 2.24) is 4.98 Å². The van der Waals surface area contributed by atoms with Gasteiger partial charge in [-0.1, -0.05) is 6.92 Å². The number of carbonyl (C=O) groups excluding carboxylic acids is 1. The van der Waals surface area contributed by atoms with Crippen LogP contribution in [-0.2, 0) is 11.2 Å². The molecule has 1 aromatic carbocycles. The first kappa shape index (κ1) is 14.3. The van der Waals surface area contributed by atoms with Crippen LogP contribution in [0.1, 0.15) is 27.9 Å². The molecule has 0 atom stereocenters. The minimum atomic E-state index is -0.448. The molecule has 5 nitrogen and oxygen atoms in total. The summed E-state index contributed by atoms with van der Waals surface area (Å²) in [6, 6.07) is 5.16. The molecule has 0 spiro atoms. The molecule has 20 heavy (non-hydrogen) atoms. The Morgan fingerprint density at radius 3 is 2.85 bits per heavy atom. The van der Waals surface area contributed by atoms with Crippen molar-refractivity contribution in [3.63, 3.8) is 0 Å². The molecule has 0 aliphatic heterocycles. The monoisotopic (exact) mass is 291 g/mol. The molecule has 6 heteroatoms. The quantitative estimate of drug-likeness (QED) is 0.668. The maximum absolute atomic E-state index is 11.6. The molecule has 2 aromatic rings. The van der Waals surface area contributed by atoms with Gasteiger partial charge in [0.2, 0.25) is 0 Å². The molecule has 0 aliphatic rings. The standard InChI is InChI=1S/C14H17N3O2S/c1-4-12-8(2)20-14(17-12)16-9-5-6-11(15)10(7-9)13(18)19-3/h5-7H,4,15H2,1-3H3,(H,16,17). The number of hydrogen-bond donors (Lipinski definition) is 2. The number of benzene rings is 1. The number of anilines is 3. The number of aromatic nitrogens is 1. The third-order valence-electron chi connectivity index (χ3n) is 2.94. The van der Waals surface area contributed by atoms with Gasteiger partial charge in [0.05, 0.1) is 18.4 Å². The topological polar surface area (TPSA) is 77.2 Å². The second-order valence-electron chi connectivity index (χ2n) is 4.29. The second-order valence-corrected chi connectivity index (χ2v) is 5.50.